The molecule has 33 heavy (non-hydrogen) atoms. The van der Waals surface area contributed by atoms with Crippen LogP contribution in [0.15, 0.2) is 35.9 Å². The van der Waals surface area contributed by atoms with E-state index in [-0.39, 0.29) is 11.2 Å². The SMILES string of the molecule is CO[C@H]1CC[C@@]2(C)C(=CC[C@H]3[C@@H]4CC[C@H]([C@](C)(O)CCc5ccc(F)cc5)[C@@]4(C)CC[C@@H]32)C1. The van der Waals surface area contributed by atoms with Gasteiger partial charge in [0.15, 0.2) is 0 Å². The van der Waals surface area contributed by atoms with Gasteiger partial charge in [-0.15, -0.1) is 0 Å². The molecule has 0 aromatic heterocycles. The van der Waals surface area contributed by atoms with E-state index in [0.717, 1.165) is 43.1 Å². The summed E-state index contributed by atoms with van der Waals surface area (Å²) in [5, 5.41) is 11.7. The third-order valence-electron chi connectivity index (χ3n) is 11.0. The van der Waals surface area contributed by atoms with Gasteiger partial charge in [0, 0.05) is 7.11 Å². The number of hydrogen-bond acceptors (Lipinski definition) is 2. The molecule has 1 aromatic rings. The van der Waals surface area contributed by atoms with Crippen molar-refractivity contribution < 1.29 is 14.2 Å². The Balaban J connectivity index is 1.33. The fourth-order valence-corrected chi connectivity index (χ4v) is 9.07. The molecule has 0 amide bonds. The van der Waals surface area contributed by atoms with Crippen molar-refractivity contribution in [2.75, 3.05) is 7.11 Å². The normalized spacial score (nSPS) is 42.0. The molecule has 0 heterocycles. The molecule has 2 nitrogen and oxygen atoms in total. The van der Waals surface area contributed by atoms with Gasteiger partial charge in [-0.1, -0.05) is 37.6 Å². The zero-order chi connectivity index (χ0) is 23.4. The molecule has 8 atom stereocenters. The minimum atomic E-state index is -0.680. The van der Waals surface area contributed by atoms with E-state index >= 15 is 0 Å². The van der Waals surface area contributed by atoms with Crippen LogP contribution in [0, 0.1) is 40.3 Å². The topological polar surface area (TPSA) is 29.5 Å². The van der Waals surface area contributed by atoms with Crippen LogP contribution in [0.25, 0.3) is 0 Å². The number of hydrogen-bond donors (Lipinski definition) is 1. The van der Waals surface area contributed by atoms with E-state index in [1.165, 1.54) is 50.7 Å². The van der Waals surface area contributed by atoms with E-state index in [1.54, 1.807) is 5.57 Å². The second kappa shape index (κ2) is 8.48. The highest BCUT2D eigenvalue weighted by molar-refractivity contribution is 5.26. The molecular weight excluding hydrogens is 411 g/mol. The van der Waals surface area contributed by atoms with Crippen molar-refractivity contribution in [1.82, 2.24) is 0 Å². The summed E-state index contributed by atoms with van der Waals surface area (Å²) in [6.07, 6.45) is 14.3. The minimum absolute atomic E-state index is 0.192. The van der Waals surface area contributed by atoms with Gasteiger partial charge in [0.25, 0.3) is 0 Å². The molecule has 182 valence electrons. The van der Waals surface area contributed by atoms with Gasteiger partial charge in [0.1, 0.15) is 5.82 Å². The van der Waals surface area contributed by atoms with Gasteiger partial charge >= 0.3 is 0 Å². The van der Waals surface area contributed by atoms with Crippen molar-refractivity contribution in [2.45, 2.75) is 96.7 Å². The van der Waals surface area contributed by atoms with E-state index in [1.807, 2.05) is 19.2 Å². The number of halogens is 1. The van der Waals surface area contributed by atoms with E-state index in [9.17, 15) is 9.50 Å². The van der Waals surface area contributed by atoms with E-state index < -0.39 is 5.60 Å². The molecule has 5 rings (SSSR count). The molecule has 0 spiro atoms. The van der Waals surface area contributed by atoms with Gasteiger partial charge in [-0.25, -0.2) is 4.39 Å². The second-order valence-corrected chi connectivity index (χ2v) is 12.5. The first-order chi connectivity index (χ1) is 15.7. The molecule has 1 N–H and O–H groups in total. The highest BCUT2D eigenvalue weighted by Crippen LogP contribution is 2.67. The van der Waals surface area contributed by atoms with E-state index in [0.29, 0.717) is 23.4 Å². The molecule has 3 fully saturated rings. The standard InChI is InChI=1S/C30H43FO2/c1-28-16-14-23(33-4)19-21(28)7-10-24-25-11-12-27(29(25,2)17-15-26(24)28)30(3,32)18-13-20-5-8-22(31)9-6-20/h5-9,23-27,32H,10-19H2,1-4H3/t23-,24-,25-,26-,27-,28-,29-,30+/m0/s1. The van der Waals surface area contributed by atoms with Crippen molar-refractivity contribution in [3.8, 4) is 0 Å². The summed E-state index contributed by atoms with van der Waals surface area (Å²) in [5.41, 5.74) is 2.68. The lowest BCUT2D eigenvalue weighted by molar-refractivity contribution is -0.105. The summed E-state index contributed by atoms with van der Waals surface area (Å²) in [5.74, 6) is 2.42. The lowest BCUT2D eigenvalue weighted by Gasteiger charge is -2.59. The van der Waals surface area contributed by atoms with Crippen molar-refractivity contribution in [3.05, 3.63) is 47.3 Å². The number of ether oxygens (including phenoxy) is 1. The Morgan fingerprint density at radius 1 is 1.06 bits per heavy atom. The number of rotatable bonds is 5. The first-order valence-corrected chi connectivity index (χ1v) is 13.4. The number of aliphatic hydroxyl groups is 1. The van der Waals surface area contributed by atoms with Crippen molar-refractivity contribution >= 4 is 0 Å². The number of benzene rings is 1. The largest absolute Gasteiger partial charge is 0.390 e. The average molecular weight is 455 g/mol. The Hall–Kier alpha value is -1.19. The molecule has 3 heteroatoms. The smallest absolute Gasteiger partial charge is 0.123 e. The van der Waals surface area contributed by atoms with Crippen LogP contribution in [0.5, 0.6) is 0 Å². The van der Waals surface area contributed by atoms with E-state index in [4.69, 9.17) is 4.74 Å². The van der Waals surface area contributed by atoms with Crippen molar-refractivity contribution in [3.63, 3.8) is 0 Å². The summed E-state index contributed by atoms with van der Waals surface area (Å²) in [7, 11) is 1.87. The van der Waals surface area contributed by atoms with Crippen molar-refractivity contribution in [2.24, 2.45) is 34.5 Å². The average Bonchev–Trinajstić information content (AvgIpc) is 3.16. The molecule has 0 bridgehead atoms. The van der Waals surface area contributed by atoms with Crippen LogP contribution in [0.2, 0.25) is 0 Å². The molecule has 0 aliphatic heterocycles. The maximum atomic E-state index is 13.3. The first kappa shape index (κ1) is 23.5. The highest BCUT2D eigenvalue weighted by atomic mass is 19.1. The number of methoxy groups -OCH3 is 1. The predicted molar refractivity (Wildman–Crippen MR) is 131 cm³/mol. The molecule has 4 aliphatic rings. The quantitative estimate of drug-likeness (QED) is 0.481. The summed E-state index contributed by atoms with van der Waals surface area (Å²) in [6, 6.07) is 6.79. The maximum Gasteiger partial charge on any atom is 0.123 e. The molecule has 0 saturated heterocycles. The van der Waals surface area contributed by atoms with Gasteiger partial charge in [-0.3, -0.25) is 0 Å². The second-order valence-electron chi connectivity index (χ2n) is 12.5. The third kappa shape index (κ3) is 3.92. The van der Waals surface area contributed by atoms with E-state index in [2.05, 4.69) is 26.8 Å². The van der Waals surface area contributed by atoms with Crippen LogP contribution in [0.3, 0.4) is 0 Å². The highest BCUT2D eigenvalue weighted by Gasteiger charge is 2.61. The Morgan fingerprint density at radius 2 is 1.82 bits per heavy atom. The van der Waals surface area contributed by atoms with Crippen LogP contribution in [0.1, 0.15) is 84.1 Å². The number of fused-ring (bicyclic) bond motifs is 5. The lowest BCUT2D eigenvalue weighted by Crippen LogP contribution is -2.53. The Bertz CT molecular complexity index is 889. The fraction of sp³-hybridized carbons (Fsp3) is 0.733. The summed E-state index contributed by atoms with van der Waals surface area (Å²) in [4.78, 5) is 0. The third-order valence-corrected chi connectivity index (χ3v) is 11.0. The van der Waals surface area contributed by atoms with Gasteiger partial charge in [0.05, 0.1) is 11.7 Å². The molecule has 4 aliphatic carbocycles. The van der Waals surface area contributed by atoms with Gasteiger partial charge < -0.3 is 9.84 Å². The molecule has 0 radical (unpaired) electrons. The molecule has 3 saturated carbocycles. The van der Waals surface area contributed by atoms with Crippen molar-refractivity contribution in [1.29, 1.82) is 0 Å². The predicted octanol–water partition coefficient (Wildman–Crippen LogP) is 7.10. The fourth-order valence-electron chi connectivity index (χ4n) is 9.07. The zero-order valence-corrected chi connectivity index (χ0v) is 21.1. The van der Waals surface area contributed by atoms with Crippen LogP contribution < -0.4 is 0 Å². The minimum Gasteiger partial charge on any atom is -0.390 e. The number of allylic oxidation sites excluding steroid dienone is 1. The molecular formula is C30H43FO2. The molecule has 0 unspecified atom stereocenters. The maximum absolute atomic E-state index is 13.3. The van der Waals surface area contributed by atoms with Crippen LogP contribution in [-0.4, -0.2) is 23.9 Å². The summed E-state index contributed by atoms with van der Waals surface area (Å²) < 4.78 is 19.0. The monoisotopic (exact) mass is 454 g/mol. The van der Waals surface area contributed by atoms with Crippen LogP contribution in [0.4, 0.5) is 4.39 Å². The van der Waals surface area contributed by atoms with Crippen LogP contribution >= 0.6 is 0 Å². The Kier molecular flexibility index (Phi) is 6.05. The number of aryl methyl sites for hydroxylation is 1. The summed E-state index contributed by atoms with van der Waals surface area (Å²) in [6.45, 7) is 7.13. The molecule has 1 aromatic carbocycles. The Labute approximate surface area is 200 Å². The first-order valence-electron chi connectivity index (χ1n) is 13.4. The van der Waals surface area contributed by atoms with Gasteiger partial charge in [-0.2, -0.15) is 0 Å². The summed E-state index contributed by atoms with van der Waals surface area (Å²) >= 11 is 0. The van der Waals surface area contributed by atoms with Gasteiger partial charge in [-0.05, 0) is 123 Å². The van der Waals surface area contributed by atoms with Crippen LogP contribution in [-0.2, 0) is 11.2 Å². The zero-order valence-electron chi connectivity index (χ0n) is 21.1. The lowest BCUT2D eigenvalue weighted by atomic mass is 9.46. The Morgan fingerprint density at radius 3 is 2.55 bits per heavy atom. The van der Waals surface area contributed by atoms with Gasteiger partial charge in [0.2, 0.25) is 0 Å².